The van der Waals surface area contributed by atoms with Gasteiger partial charge in [0.15, 0.2) is 0 Å². The van der Waals surface area contributed by atoms with E-state index in [9.17, 15) is 13.5 Å². The third kappa shape index (κ3) is 3.23. The number of hydrogen-bond acceptors (Lipinski definition) is 5. The Labute approximate surface area is 119 Å². The fourth-order valence-corrected chi connectivity index (χ4v) is 3.47. The summed E-state index contributed by atoms with van der Waals surface area (Å²) in [6.07, 6.45) is 1.24. The van der Waals surface area contributed by atoms with E-state index >= 15 is 0 Å². The number of aliphatic hydroxyl groups excluding tert-OH is 1. The van der Waals surface area contributed by atoms with E-state index in [2.05, 4.69) is 4.72 Å². The Morgan fingerprint density at radius 3 is 2.90 bits per heavy atom. The molecule has 1 unspecified atom stereocenters. The van der Waals surface area contributed by atoms with Crippen LogP contribution in [0.25, 0.3) is 0 Å². The van der Waals surface area contributed by atoms with Crippen molar-refractivity contribution in [3.63, 3.8) is 0 Å². The lowest BCUT2D eigenvalue weighted by molar-refractivity contribution is 0.154. The highest BCUT2D eigenvalue weighted by Gasteiger charge is 2.22. The largest absolute Gasteiger partial charge is 0.397 e. The molecular formula is C13H21N3O3S. The molecule has 1 fully saturated rings. The van der Waals surface area contributed by atoms with Gasteiger partial charge in [0.05, 0.1) is 22.4 Å². The van der Waals surface area contributed by atoms with Crippen LogP contribution in [-0.4, -0.2) is 39.3 Å². The number of nitrogen functional groups attached to an aromatic ring is 1. The summed E-state index contributed by atoms with van der Waals surface area (Å²) >= 11 is 0. The van der Waals surface area contributed by atoms with Gasteiger partial charge in [0.1, 0.15) is 0 Å². The maximum Gasteiger partial charge on any atom is 0.240 e. The van der Waals surface area contributed by atoms with Gasteiger partial charge in [-0.15, -0.1) is 0 Å². The molecule has 0 spiro atoms. The fraction of sp³-hybridized carbons (Fsp3) is 0.538. The molecule has 1 saturated heterocycles. The number of piperidine rings is 1. The van der Waals surface area contributed by atoms with Gasteiger partial charge in [-0.2, -0.15) is 0 Å². The third-order valence-corrected chi connectivity index (χ3v) is 4.93. The maximum absolute atomic E-state index is 12.0. The summed E-state index contributed by atoms with van der Waals surface area (Å²) in [5, 5.41) is 9.73. The zero-order chi connectivity index (χ0) is 14.8. The van der Waals surface area contributed by atoms with Crippen molar-refractivity contribution in [2.45, 2.75) is 30.8 Å². The Morgan fingerprint density at radius 2 is 2.25 bits per heavy atom. The minimum atomic E-state index is -3.50. The molecule has 1 aliphatic rings. The molecule has 0 saturated carbocycles. The van der Waals surface area contributed by atoms with Crippen LogP contribution >= 0.6 is 0 Å². The number of nitrogens with zero attached hydrogens (tertiary/aromatic N) is 1. The lowest BCUT2D eigenvalue weighted by Gasteiger charge is -2.33. The van der Waals surface area contributed by atoms with E-state index in [1.54, 1.807) is 19.1 Å². The third-order valence-electron chi connectivity index (χ3n) is 3.38. The smallest absolute Gasteiger partial charge is 0.240 e. The Bertz CT molecular complexity index is 574. The minimum absolute atomic E-state index is 0.198. The second-order valence-corrected chi connectivity index (χ2v) is 6.73. The summed E-state index contributed by atoms with van der Waals surface area (Å²) in [6.45, 7) is 3.32. The number of benzene rings is 1. The van der Waals surface area contributed by atoms with Crippen molar-refractivity contribution in [2.24, 2.45) is 0 Å². The first-order valence-corrected chi connectivity index (χ1v) is 8.24. The molecular weight excluding hydrogens is 278 g/mol. The molecule has 0 aliphatic carbocycles. The molecule has 0 bridgehead atoms. The standard InChI is InChI=1S/C13H21N3O3S/c1-2-15-20(18,19)11-5-6-12(14)13(8-11)16-7-3-4-10(17)9-16/h5-6,8,10,15,17H,2-4,7,9,14H2,1H3. The molecule has 112 valence electrons. The van der Waals surface area contributed by atoms with E-state index < -0.39 is 16.1 Å². The maximum atomic E-state index is 12.0. The molecule has 6 nitrogen and oxygen atoms in total. The van der Waals surface area contributed by atoms with Crippen LogP contribution in [0.3, 0.4) is 0 Å². The molecule has 0 amide bonds. The minimum Gasteiger partial charge on any atom is -0.397 e. The van der Waals surface area contributed by atoms with Gasteiger partial charge in [0.25, 0.3) is 0 Å². The second kappa shape index (κ2) is 5.99. The van der Waals surface area contributed by atoms with Crippen molar-refractivity contribution < 1.29 is 13.5 Å². The topological polar surface area (TPSA) is 95.7 Å². The van der Waals surface area contributed by atoms with Gasteiger partial charge in [0.2, 0.25) is 10.0 Å². The molecule has 7 heteroatoms. The molecule has 0 radical (unpaired) electrons. The first-order valence-electron chi connectivity index (χ1n) is 6.76. The number of rotatable bonds is 4. The van der Waals surface area contributed by atoms with Crippen molar-refractivity contribution in [3.8, 4) is 0 Å². The van der Waals surface area contributed by atoms with Gasteiger partial charge in [-0.25, -0.2) is 13.1 Å². The van der Waals surface area contributed by atoms with Crippen LogP contribution in [0, 0.1) is 0 Å². The summed E-state index contributed by atoms with van der Waals surface area (Å²) in [6, 6.07) is 4.67. The quantitative estimate of drug-likeness (QED) is 0.705. The van der Waals surface area contributed by atoms with Crippen molar-refractivity contribution >= 4 is 21.4 Å². The van der Waals surface area contributed by atoms with Crippen molar-refractivity contribution in [1.29, 1.82) is 0 Å². The number of anilines is 2. The van der Waals surface area contributed by atoms with E-state index in [0.29, 0.717) is 24.5 Å². The summed E-state index contributed by atoms with van der Waals surface area (Å²) in [5.41, 5.74) is 7.14. The molecule has 1 aromatic carbocycles. The molecule has 1 heterocycles. The highest BCUT2D eigenvalue weighted by atomic mass is 32.2. The van der Waals surface area contributed by atoms with E-state index in [1.165, 1.54) is 6.07 Å². The first-order chi connectivity index (χ1) is 9.44. The van der Waals surface area contributed by atoms with Crippen LogP contribution in [0.15, 0.2) is 23.1 Å². The van der Waals surface area contributed by atoms with Crippen LogP contribution in [0.2, 0.25) is 0 Å². The highest BCUT2D eigenvalue weighted by Crippen LogP contribution is 2.29. The zero-order valence-electron chi connectivity index (χ0n) is 11.5. The number of β-amino-alcohol motifs (C(OH)–C–C–N with tert-alkyl or cyclic N) is 1. The number of hydrogen-bond donors (Lipinski definition) is 3. The number of aliphatic hydroxyl groups is 1. The monoisotopic (exact) mass is 299 g/mol. The normalized spacial score (nSPS) is 20.1. The Hall–Kier alpha value is -1.31. The predicted molar refractivity (Wildman–Crippen MR) is 79.2 cm³/mol. The van der Waals surface area contributed by atoms with Crippen LogP contribution in [-0.2, 0) is 10.0 Å². The molecule has 1 atom stereocenters. The van der Waals surface area contributed by atoms with Gasteiger partial charge < -0.3 is 15.7 Å². The predicted octanol–water partition coefficient (Wildman–Crippen LogP) is 0.528. The SMILES string of the molecule is CCNS(=O)(=O)c1ccc(N)c(N2CCCC(O)C2)c1. The van der Waals surface area contributed by atoms with Crippen LogP contribution in [0.4, 0.5) is 11.4 Å². The molecule has 2 rings (SSSR count). The summed E-state index contributed by atoms with van der Waals surface area (Å²) < 4.78 is 26.5. The molecule has 4 N–H and O–H groups in total. The van der Waals surface area contributed by atoms with Gasteiger partial charge >= 0.3 is 0 Å². The van der Waals surface area contributed by atoms with Crippen LogP contribution in [0.1, 0.15) is 19.8 Å². The fourth-order valence-electron chi connectivity index (χ4n) is 2.41. The summed E-state index contributed by atoms with van der Waals surface area (Å²) in [5.74, 6) is 0. The summed E-state index contributed by atoms with van der Waals surface area (Å²) in [4.78, 5) is 2.14. The Balaban J connectivity index is 2.34. The van der Waals surface area contributed by atoms with E-state index in [4.69, 9.17) is 5.73 Å². The van der Waals surface area contributed by atoms with E-state index in [1.807, 2.05) is 4.90 Å². The number of nitrogens with two attached hydrogens (primary N) is 1. The second-order valence-electron chi connectivity index (χ2n) is 4.96. The highest BCUT2D eigenvalue weighted by molar-refractivity contribution is 7.89. The molecule has 0 aromatic heterocycles. The van der Waals surface area contributed by atoms with Crippen LogP contribution in [0.5, 0.6) is 0 Å². The zero-order valence-corrected chi connectivity index (χ0v) is 12.4. The molecule has 1 aliphatic heterocycles. The lowest BCUT2D eigenvalue weighted by Crippen LogP contribution is -2.38. The van der Waals surface area contributed by atoms with Gasteiger partial charge in [0, 0.05) is 19.6 Å². The van der Waals surface area contributed by atoms with Crippen LogP contribution < -0.4 is 15.4 Å². The lowest BCUT2D eigenvalue weighted by atomic mass is 10.1. The van der Waals surface area contributed by atoms with Crippen molar-refractivity contribution in [2.75, 3.05) is 30.3 Å². The first kappa shape index (κ1) is 15.1. The van der Waals surface area contributed by atoms with Gasteiger partial charge in [-0.05, 0) is 31.0 Å². The number of nitrogens with one attached hydrogen (secondary N) is 1. The average Bonchev–Trinajstić information content (AvgIpc) is 2.39. The number of sulfonamides is 1. The van der Waals surface area contributed by atoms with Crippen molar-refractivity contribution in [3.05, 3.63) is 18.2 Å². The van der Waals surface area contributed by atoms with E-state index in [0.717, 1.165) is 19.4 Å². The molecule has 20 heavy (non-hydrogen) atoms. The van der Waals surface area contributed by atoms with Gasteiger partial charge in [-0.1, -0.05) is 6.92 Å². The molecule has 1 aromatic rings. The Morgan fingerprint density at radius 1 is 1.50 bits per heavy atom. The van der Waals surface area contributed by atoms with Gasteiger partial charge in [-0.3, -0.25) is 0 Å². The average molecular weight is 299 g/mol. The Kier molecular flexibility index (Phi) is 4.52. The summed E-state index contributed by atoms with van der Waals surface area (Å²) in [7, 11) is -3.50. The van der Waals surface area contributed by atoms with Crippen molar-refractivity contribution in [1.82, 2.24) is 4.72 Å². The van der Waals surface area contributed by atoms with E-state index in [-0.39, 0.29) is 4.90 Å².